The summed E-state index contributed by atoms with van der Waals surface area (Å²) in [6, 6.07) is 12.5. The lowest BCUT2D eigenvalue weighted by Crippen LogP contribution is -2.27. The summed E-state index contributed by atoms with van der Waals surface area (Å²) in [5.74, 6) is -0.310. The van der Waals surface area contributed by atoms with E-state index in [-0.39, 0.29) is 17.0 Å². The van der Waals surface area contributed by atoms with Crippen molar-refractivity contribution in [1.82, 2.24) is 5.32 Å². The molecule has 0 fully saturated rings. The van der Waals surface area contributed by atoms with Gasteiger partial charge in [0.25, 0.3) is 5.91 Å². The number of nitrogens with zero attached hydrogens (tertiary/aromatic N) is 1. The molecule has 1 N–H and O–H groups in total. The van der Waals surface area contributed by atoms with Gasteiger partial charge in [0.1, 0.15) is 0 Å². The number of aryl methyl sites for hydroxylation is 1. The Balaban J connectivity index is 2.16. The molecule has 7 heteroatoms. The van der Waals surface area contributed by atoms with Gasteiger partial charge in [-0.15, -0.1) is 0 Å². The van der Waals surface area contributed by atoms with E-state index in [0.717, 1.165) is 22.5 Å². The molecule has 0 bridgehead atoms. The predicted octanol–water partition coefficient (Wildman–Crippen LogP) is 3.79. The maximum Gasteiger partial charge on any atom is 0.253 e. The molecule has 26 heavy (non-hydrogen) atoms. The molecule has 0 aliphatic rings. The molecule has 0 saturated heterocycles. The third-order valence-corrected chi connectivity index (χ3v) is 5.81. The van der Waals surface area contributed by atoms with E-state index >= 15 is 0 Å². The number of benzene rings is 2. The Morgan fingerprint density at radius 1 is 1.19 bits per heavy atom. The zero-order valence-electron chi connectivity index (χ0n) is 15.3. The molecule has 1 amide bonds. The van der Waals surface area contributed by atoms with Crippen LogP contribution in [0.15, 0.2) is 42.5 Å². The summed E-state index contributed by atoms with van der Waals surface area (Å²) < 4.78 is 24.3. The second-order valence-corrected chi connectivity index (χ2v) is 8.61. The lowest BCUT2D eigenvalue weighted by molar-refractivity contribution is 0.0940. The summed E-state index contributed by atoms with van der Waals surface area (Å²) in [4.78, 5) is 12.5. The lowest BCUT2D eigenvalue weighted by atomic mass is 10.0. The number of carbonyl (C=O) groups excluding carboxylic acids is 1. The van der Waals surface area contributed by atoms with Gasteiger partial charge < -0.3 is 5.32 Å². The number of carbonyl (C=O) groups is 1. The Bertz CT molecular complexity index is 896. The maximum atomic E-state index is 12.5. The van der Waals surface area contributed by atoms with Crippen LogP contribution < -0.4 is 9.62 Å². The molecule has 0 aliphatic heterocycles. The molecule has 1 atom stereocenters. The fourth-order valence-electron chi connectivity index (χ4n) is 2.48. The van der Waals surface area contributed by atoms with Gasteiger partial charge >= 0.3 is 0 Å². The van der Waals surface area contributed by atoms with Gasteiger partial charge in [0.05, 0.1) is 28.6 Å². The minimum Gasteiger partial charge on any atom is -0.345 e. The highest BCUT2D eigenvalue weighted by atomic mass is 35.5. The molecule has 0 aromatic heterocycles. The molecule has 0 unspecified atom stereocenters. The summed E-state index contributed by atoms with van der Waals surface area (Å²) in [6.45, 7) is 3.99. The van der Waals surface area contributed by atoms with E-state index in [2.05, 4.69) is 12.2 Å². The van der Waals surface area contributed by atoms with Crippen molar-refractivity contribution in [3.8, 4) is 0 Å². The molecular formula is C19H23ClN2O3S. The first-order valence-corrected chi connectivity index (χ1v) is 10.5. The van der Waals surface area contributed by atoms with Gasteiger partial charge in [0, 0.05) is 7.05 Å². The third-order valence-electron chi connectivity index (χ3n) is 4.29. The first-order chi connectivity index (χ1) is 12.1. The topological polar surface area (TPSA) is 66.5 Å². The molecule has 2 aromatic carbocycles. The summed E-state index contributed by atoms with van der Waals surface area (Å²) >= 11 is 6.21. The summed E-state index contributed by atoms with van der Waals surface area (Å²) in [5.41, 5.74) is 2.94. The van der Waals surface area contributed by atoms with Gasteiger partial charge in [0.2, 0.25) is 10.0 Å². The summed E-state index contributed by atoms with van der Waals surface area (Å²) in [6.07, 6.45) is 2.07. The Hall–Kier alpha value is -2.05. The van der Waals surface area contributed by atoms with Crippen LogP contribution in [-0.2, 0) is 16.4 Å². The molecule has 5 nitrogen and oxygen atoms in total. The lowest BCUT2D eigenvalue weighted by Gasteiger charge is -2.18. The number of anilines is 1. The minimum atomic E-state index is -3.39. The van der Waals surface area contributed by atoms with E-state index in [1.807, 2.05) is 31.2 Å². The maximum absolute atomic E-state index is 12.5. The number of nitrogens with one attached hydrogen (secondary N) is 1. The number of hydrogen-bond acceptors (Lipinski definition) is 3. The van der Waals surface area contributed by atoms with Crippen LogP contribution in [0.1, 0.15) is 41.4 Å². The van der Waals surface area contributed by atoms with E-state index in [1.54, 1.807) is 6.07 Å². The molecule has 0 aliphatic carbocycles. The first kappa shape index (κ1) is 20.3. The molecule has 0 radical (unpaired) electrons. The number of halogens is 1. The van der Waals surface area contributed by atoms with Gasteiger partial charge in [-0.1, -0.05) is 42.8 Å². The molecular weight excluding hydrogens is 372 g/mol. The molecule has 140 valence electrons. The van der Waals surface area contributed by atoms with Crippen LogP contribution in [0.5, 0.6) is 0 Å². The average molecular weight is 395 g/mol. The minimum absolute atomic E-state index is 0.178. The van der Waals surface area contributed by atoms with Gasteiger partial charge in [-0.25, -0.2) is 8.42 Å². The van der Waals surface area contributed by atoms with Gasteiger partial charge in [-0.3, -0.25) is 9.10 Å². The second-order valence-electron chi connectivity index (χ2n) is 6.18. The molecule has 2 aromatic rings. The monoisotopic (exact) mass is 394 g/mol. The van der Waals surface area contributed by atoms with Crippen molar-refractivity contribution in [3.05, 3.63) is 64.2 Å². The molecule has 0 saturated carbocycles. The second kappa shape index (κ2) is 8.10. The quantitative estimate of drug-likeness (QED) is 0.810. The predicted molar refractivity (Wildman–Crippen MR) is 106 cm³/mol. The number of amides is 1. The highest BCUT2D eigenvalue weighted by Gasteiger charge is 2.17. The van der Waals surface area contributed by atoms with Crippen molar-refractivity contribution in [1.29, 1.82) is 0 Å². The Kier molecular flexibility index (Phi) is 6.31. The highest BCUT2D eigenvalue weighted by molar-refractivity contribution is 7.92. The fraction of sp³-hybridized carbons (Fsp3) is 0.316. The number of sulfonamides is 1. The van der Waals surface area contributed by atoms with Crippen LogP contribution in [0.25, 0.3) is 0 Å². The van der Waals surface area contributed by atoms with Crippen molar-refractivity contribution >= 4 is 33.2 Å². The van der Waals surface area contributed by atoms with E-state index in [4.69, 9.17) is 11.6 Å². The van der Waals surface area contributed by atoms with Gasteiger partial charge in [-0.05, 0) is 42.7 Å². The van der Waals surface area contributed by atoms with Crippen LogP contribution in [0.2, 0.25) is 5.02 Å². The fourth-order valence-corrected chi connectivity index (χ4v) is 3.23. The van der Waals surface area contributed by atoms with Crippen LogP contribution >= 0.6 is 11.6 Å². The van der Waals surface area contributed by atoms with Gasteiger partial charge in [0.15, 0.2) is 0 Å². The molecule has 0 heterocycles. The van der Waals surface area contributed by atoms with Crippen molar-refractivity contribution < 1.29 is 13.2 Å². The zero-order chi connectivity index (χ0) is 19.5. The number of rotatable bonds is 6. The Labute approximate surface area is 160 Å². The average Bonchev–Trinajstić information content (AvgIpc) is 2.60. The third kappa shape index (κ3) is 4.77. The smallest absolute Gasteiger partial charge is 0.253 e. The van der Waals surface area contributed by atoms with Crippen molar-refractivity contribution in [2.24, 2.45) is 0 Å². The normalized spacial score (nSPS) is 12.5. The Morgan fingerprint density at radius 3 is 2.31 bits per heavy atom. The molecule has 0 spiro atoms. The van der Waals surface area contributed by atoms with Crippen molar-refractivity contribution in [2.45, 2.75) is 26.3 Å². The number of hydrogen-bond donors (Lipinski definition) is 1. The summed E-state index contributed by atoms with van der Waals surface area (Å²) in [5, 5.41) is 3.11. The zero-order valence-corrected chi connectivity index (χ0v) is 16.9. The highest BCUT2D eigenvalue weighted by Crippen LogP contribution is 2.25. The van der Waals surface area contributed by atoms with Crippen LogP contribution in [0, 0.1) is 0 Å². The van der Waals surface area contributed by atoms with E-state index in [9.17, 15) is 13.2 Å². The van der Waals surface area contributed by atoms with Crippen molar-refractivity contribution in [2.75, 3.05) is 17.6 Å². The molecule has 2 rings (SSSR count). The largest absolute Gasteiger partial charge is 0.345 e. The van der Waals surface area contributed by atoms with Crippen molar-refractivity contribution in [3.63, 3.8) is 0 Å². The van der Waals surface area contributed by atoms with Gasteiger partial charge in [-0.2, -0.15) is 0 Å². The van der Waals surface area contributed by atoms with Crippen LogP contribution in [0.4, 0.5) is 5.69 Å². The first-order valence-electron chi connectivity index (χ1n) is 8.26. The van der Waals surface area contributed by atoms with E-state index in [0.29, 0.717) is 11.3 Å². The SMILES string of the molecule is CCc1ccc([C@@H](C)NC(=O)c2ccc(N(C)S(C)(=O)=O)cc2Cl)cc1. The summed E-state index contributed by atoms with van der Waals surface area (Å²) in [7, 11) is -1.96. The van der Waals surface area contributed by atoms with E-state index in [1.165, 1.54) is 24.7 Å². The standard InChI is InChI=1S/C19H23ClN2O3S/c1-5-14-6-8-15(9-7-14)13(2)21-19(23)17-11-10-16(12-18(17)20)22(3)26(4,24)25/h6-13H,5H2,1-4H3,(H,21,23)/t13-/m1/s1. The van der Waals surface area contributed by atoms with E-state index < -0.39 is 10.0 Å². The van der Waals surface area contributed by atoms with Crippen LogP contribution in [-0.4, -0.2) is 27.6 Å². The van der Waals surface area contributed by atoms with Crippen LogP contribution in [0.3, 0.4) is 0 Å². The Morgan fingerprint density at radius 2 is 1.81 bits per heavy atom.